The molecule has 0 spiro atoms. The molecule has 1 fully saturated rings. The Labute approximate surface area is 137 Å². The summed E-state index contributed by atoms with van der Waals surface area (Å²) in [7, 11) is 0. The van der Waals surface area contributed by atoms with Crippen molar-refractivity contribution in [3.8, 4) is 0 Å². The predicted octanol–water partition coefficient (Wildman–Crippen LogP) is 1.79. The fourth-order valence-electron chi connectivity index (χ4n) is 3.09. The number of benzene rings is 1. The molecule has 124 valence electrons. The van der Waals surface area contributed by atoms with Crippen LogP contribution < -0.4 is 5.32 Å². The molecule has 5 nitrogen and oxygen atoms in total. The highest BCUT2D eigenvalue weighted by Gasteiger charge is 2.15. The number of H-pyrrole nitrogens is 1. The first kappa shape index (κ1) is 16.0. The summed E-state index contributed by atoms with van der Waals surface area (Å²) < 4.78 is 5.36. The lowest BCUT2D eigenvalue weighted by molar-refractivity contribution is -0.120. The zero-order valence-electron chi connectivity index (χ0n) is 13.7. The predicted molar refractivity (Wildman–Crippen MR) is 91.4 cm³/mol. The summed E-state index contributed by atoms with van der Waals surface area (Å²) in [5.74, 6) is 0.531. The van der Waals surface area contributed by atoms with Crippen molar-refractivity contribution in [1.82, 2.24) is 15.2 Å². The van der Waals surface area contributed by atoms with E-state index in [-0.39, 0.29) is 5.91 Å². The summed E-state index contributed by atoms with van der Waals surface area (Å²) >= 11 is 0. The van der Waals surface area contributed by atoms with Gasteiger partial charge in [0, 0.05) is 43.3 Å². The lowest BCUT2D eigenvalue weighted by Crippen LogP contribution is -2.41. The Kier molecular flexibility index (Phi) is 5.31. The van der Waals surface area contributed by atoms with Gasteiger partial charge in [0.25, 0.3) is 0 Å². The second-order valence-electron chi connectivity index (χ2n) is 6.36. The molecule has 0 bridgehead atoms. The molecule has 1 aromatic heterocycles. The number of aromatic amines is 1. The van der Waals surface area contributed by atoms with Gasteiger partial charge in [-0.3, -0.25) is 9.69 Å². The smallest absolute Gasteiger partial charge is 0.224 e. The number of ether oxygens (including phenoxy) is 1. The molecule has 2 aromatic rings. The van der Waals surface area contributed by atoms with Crippen molar-refractivity contribution < 1.29 is 9.53 Å². The molecule has 5 heteroatoms. The van der Waals surface area contributed by atoms with Gasteiger partial charge in [-0.2, -0.15) is 0 Å². The van der Waals surface area contributed by atoms with E-state index in [4.69, 9.17) is 4.74 Å². The van der Waals surface area contributed by atoms with Gasteiger partial charge in [-0.15, -0.1) is 0 Å². The van der Waals surface area contributed by atoms with Crippen molar-refractivity contribution in [2.75, 3.05) is 39.4 Å². The second kappa shape index (κ2) is 7.62. The third-order valence-electron chi connectivity index (χ3n) is 4.35. The van der Waals surface area contributed by atoms with Crippen LogP contribution in [0.5, 0.6) is 0 Å². The number of hydrogen-bond donors (Lipinski definition) is 2. The van der Waals surface area contributed by atoms with Gasteiger partial charge in [0.05, 0.1) is 19.6 Å². The summed E-state index contributed by atoms with van der Waals surface area (Å²) in [5, 5.41) is 4.19. The van der Waals surface area contributed by atoms with Gasteiger partial charge in [-0.05, 0) is 17.5 Å². The van der Waals surface area contributed by atoms with Crippen LogP contribution in [0.4, 0.5) is 0 Å². The maximum Gasteiger partial charge on any atom is 0.224 e. The lowest BCUT2D eigenvalue weighted by Gasteiger charge is -2.29. The van der Waals surface area contributed by atoms with E-state index < -0.39 is 0 Å². The molecule has 1 aliphatic rings. The van der Waals surface area contributed by atoms with Gasteiger partial charge in [0.2, 0.25) is 5.91 Å². The molecule has 0 radical (unpaired) electrons. The molecular weight excluding hydrogens is 290 g/mol. The van der Waals surface area contributed by atoms with Crippen LogP contribution in [-0.4, -0.2) is 55.2 Å². The van der Waals surface area contributed by atoms with Gasteiger partial charge < -0.3 is 15.0 Å². The Balaban J connectivity index is 1.45. The van der Waals surface area contributed by atoms with E-state index in [0.717, 1.165) is 55.9 Å². The maximum absolute atomic E-state index is 12.2. The molecule has 2 N–H and O–H groups in total. The molecule has 1 amide bonds. The highest BCUT2D eigenvalue weighted by atomic mass is 16.5. The average Bonchev–Trinajstić information content (AvgIpc) is 2.97. The minimum atomic E-state index is 0.0866. The first-order valence-electron chi connectivity index (χ1n) is 8.34. The van der Waals surface area contributed by atoms with Gasteiger partial charge >= 0.3 is 0 Å². The SMILES string of the molecule is CC(CNC(=O)Cc1c[nH]c2ccccc12)CN1CCOCC1. The third kappa shape index (κ3) is 4.33. The molecule has 1 atom stereocenters. The normalized spacial score (nSPS) is 17.3. The quantitative estimate of drug-likeness (QED) is 0.854. The Bertz CT molecular complexity index is 647. The minimum absolute atomic E-state index is 0.0866. The van der Waals surface area contributed by atoms with Crippen LogP contribution in [0.3, 0.4) is 0 Å². The number of fused-ring (bicyclic) bond motifs is 1. The Morgan fingerprint density at radius 1 is 1.35 bits per heavy atom. The summed E-state index contributed by atoms with van der Waals surface area (Å²) in [6, 6.07) is 8.08. The number of hydrogen-bond acceptors (Lipinski definition) is 3. The van der Waals surface area contributed by atoms with Crippen LogP contribution in [0.25, 0.3) is 10.9 Å². The number of rotatable bonds is 6. The number of para-hydroxylation sites is 1. The lowest BCUT2D eigenvalue weighted by atomic mass is 10.1. The molecule has 2 heterocycles. The highest BCUT2D eigenvalue weighted by molar-refractivity contribution is 5.88. The van der Waals surface area contributed by atoms with Crippen molar-refractivity contribution in [2.24, 2.45) is 5.92 Å². The number of nitrogens with one attached hydrogen (secondary N) is 2. The fraction of sp³-hybridized carbons (Fsp3) is 0.500. The van der Waals surface area contributed by atoms with Gasteiger partial charge in [-0.25, -0.2) is 0 Å². The van der Waals surface area contributed by atoms with E-state index in [2.05, 4.69) is 28.2 Å². The van der Waals surface area contributed by atoms with Crippen LogP contribution in [0.2, 0.25) is 0 Å². The van der Waals surface area contributed by atoms with Crippen LogP contribution >= 0.6 is 0 Å². The highest BCUT2D eigenvalue weighted by Crippen LogP contribution is 2.17. The number of carbonyl (C=O) groups is 1. The molecule has 23 heavy (non-hydrogen) atoms. The molecule has 3 rings (SSSR count). The van der Waals surface area contributed by atoms with Gasteiger partial charge in [0.15, 0.2) is 0 Å². The van der Waals surface area contributed by atoms with E-state index in [0.29, 0.717) is 12.3 Å². The average molecular weight is 315 g/mol. The standard InChI is InChI=1S/C18H25N3O2/c1-14(13-21-6-8-23-9-7-21)11-20-18(22)10-15-12-19-17-5-3-2-4-16(15)17/h2-5,12,14,19H,6-11,13H2,1H3,(H,20,22). The van der Waals surface area contributed by atoms with Gasteiger partial charge in [0.1, 0.15) is 0 Å². The largest absolute Gasteiger partial charge is 0.379 e. The summed E-state index contributed by atoms with van der Waals surface area (Å²) in [6.07, 6.45) is 2.36. The minimum Gasteiger partial charge on any atom is -0.379 e. The van der Waals surface area contributed by atoms with Crippen molar-refractivity contribution in [3.05, 3.63) is 36.0 Å². The number of amides is 1. The first-order chi connectivity index (χ1) is 11.2. The number of morpholine rings is 1. The summed E-state index contributed by atoms with van der Waals surface area (Å²) in [4.78, 5) is 17.8. The van der Waals surface area contributed by atoms with Crippen LogP contribution in [0.15, 0.2) is 30.5 Å². The molecule has 1 unspecified atom stereocenters. The molecule has 0 saturated carbocycles. The maximum atomic E-state index is 12.2. The van der Waals surface area contributed by atoms with Crippen molar-refractivity contribution >= 4 is 16.8 Å². The first-order valence-corrected chi connectivity index (χ1v) is 8.34. The number of nitrogens with zero attached hydrogens (tertiary/aromatic N) is 1. The summed E-state index contributed by atoms with van der Waals surface area (Å²) in [5.41, 5.74) is 2.13. The second-order valence-corrected chi connectivity index (χ2v) is 6.36. The number of carbonyl (C=O) groups excluding carboxylic acids is 1. The molecular formula is C18H25N3O2. The van der Waals surface area contributed by atoms with E-state index in [9.17, 15) is 4.79 Å². The van der Waals surface area contributed by atoms with E-state index in [1.807, 2.05) is 24.4 Å². The van der Waals surface area contributed by atoms with Crippen LogP contribution in [0.1, 0.15) is 12.5 Å². The molecule has 1 aliphatic heterocycles. The molecule has 1 aromatic carbocycles. The Morgan fingerprint density at radius 2 is 2.13 bits per heavy atom. The van der Waals surface area contributed by atoms with Crippen molar-refractivity contribution in [1.29, 1.82) is 0 Å². The fourth-order valence-corrected chi connectivity index (χ4v) is 3.09. The monoisotopic (exact) mass is 315 g/mol. The van der Waals surface area contributed by atoms with E-state index in [1.54, 1.807) is 0 Å². The topological polar surface area (TPSA) is 57.4 Å². The zero-order valence-corrected chi connectivity index (χ0v) is 13.7. The van der Waals surface area contributed by atoms with E-state index >= 15 is 0 Å². The van der Waals surface area contributed by atoms with E-state index in [1.165, 1.54) is 0 Å². The number of aromatic nitrogens is 1. The van der Waals surface area contributed by atoms with Gasteiger partial charge in [-0.1, -0.05) is 25.1 Å². The Morgan fingerprint density at radius 3 is 2.96 bits per heavy atom. The molecule has 0 aliphatic carbocycles. The van der Waals surface area contributed by atoms with Crippen LogP contribution in [-0.2, 0) is 16.0 Å². The van der Waals surface area contributed by atoms with Crippen LogP contribution in [0, 0.1) is 5.92 Å². The summed E-state index contributed by atoms with van der Waals surface area (Å²) in [6.45, 7) is 7.54. The Hall–Kier alpha value is -1.85. The molecule has 1 saturated heterocycles. The van der Waals surface area contributed by atoms with Crippen molar-refractivity contribution in [2.45, 2.75) is 13.3 Å². The van der Waals surface area contributed by atoms with Crippen molar-refractivity contribution in [3.63, 3.8) is 0 Å². The zero-order chi connectivity index (χ0) is 16.1. The third-order valence-corrected chi connectivity index (χ3v) is 4.35.